The van der Waals surface area contributed by atoms with E-state index in [1.807, 2.05) is 20.1 Å². The van der Waals surface area contributed by atoms with Crippen molar-refractivity contribution in [2.45, 2.75) is 70.5 Å². The largest absolute Gasteiger partial charge is 0.340 e. The summed E-state index contributed by atoms with van der Waals surface area (Å²) < 4.78 is 0. The molecule has 0 N–H and O–H groups in total. The highest BCUT2D eigenvalue weighted by Crippen LogP contribution is 2.22. The summed E-state index contributed by atoms with van der Waals surface area (Å²) in [5.74, 6) is 0.291. The zero-order valence-corrected chi connectivity index (χ0v) is 15.0. The Kier molecular flexibility index (Phi) is 6.24. The van der Waals surface area contributed by atoms with Crippen molar-refractivity contribution in [1.29, 1.82) is 0 Å². The molecule has 0 spiro atoms. The second-order valence-electron chi connectivity index (χ2n) is 6.00. The number of hydrogen-bond donors (Lipinski definition) is 0. The molecular weight excluding hydrogens is 294 g/mol. The van der Waals surface area contributed by atoms with E-state index in [2.05, 4.69) is 21.8 Å². The topological polar surface area (TPSA) is 46.1 Å². The molecule has 22 heavy (non-hydrogen) atoms. The summed E-state index contributed by atoms with van der Waals surface area (Å²) >= 11 is 1.56. The van der Waals surface area contributed by atoms with Gasteiger partial charge in [0.2, 0.25) is 5.91 Å². The van der Waals surface area contributed by atoms with Crippen molar-refractivity contribution in [1.82, 2.24) is 14.9 Å². The van der Waals surface area contributed by atoms with Crippen molar-refractivity contribution < 1.29 is 4.79 Å². The van der Waals surface area contributed by atoms with Crippen LogP contribution in [-0.2, 0) is 11.2 Å². The predicted molar refractivity (Wildman–Crippen MR) is 91.3 cm³/mol. The Bertz CT molecular complexity index is 510. The molecule has 2 rings (SSSR count). The van der Waals surface area contributed by atoms with Gasteiger partial charge in [-0.1, -0.05) is 18.7 Å². The van der Waals surface area contributed by atoms with E-state index in [0.29, 0.717) is 18.4 Å². The molecule has 0 radical (unpaired) electrons. The van der Waals surface area contributed by atoms with Crippen molar-refractivity contribution in [3.63, 3.8) is 0 Å². The molecule has 0 bridgehead atoms. The number of nitrogens with zero attached hydrogens (tertiary/aromatic N) is 3. The molecule has 1 aliphatic rings. The summed E-state index contributed by atoms with van der Waals surface area (Å²) in [6, 6.07) is 0.443. The lowest BCUT2D eigenvalue weighted by Crippen LogP contribution is -2.43. The van der Waals surface area contributed by atoms with Gasteiger partial charge < -0.3 is 4.90 Å². The summed E-state index contributed by atoms with van der Waals surface area (Å²) in [6.45, 7) is 7.14. The van der Waals surface area contributed by atoms with Crippen LogP contribution in [0.25, 0.3) is 0 Å². The summed E-state index contributed by atoms with van der Waals surface area (Å²) in [5.41, 5.74) is 3.15. The summed E-state index contributed by atoms with van der Waals surface area (Å²) in [5, 5.41) is 0.812. The fourth-order valence-corrected chi connectivity index (χ4v) is 3.75. The average Bonchev–Trinajstić information content (AvgIpc) is 2.53. The first kappa shape index (κ1) is 17.3. The number of likely N-dealkylation sites (tertiary alicyclic amines) is 1. The number of aromatic nitrogens is 2. The fourth-order valence-electron chi connectivity index (χ4n) is 3.29. The van der Waals surface area contributed by atoms with Gasteiger partial charge in [0.05, 0.1) is 0 Å². The van der Waals surface area contributed by atoms with Crippen molar-refractivity contribution in [3.8, 4) is 0 Å². The number of piperidine rings is 1. The van der Waals surface area contributed by atoms with Crippen LogP contribution in [0.1, 0.15) is 56.0 Å². The SMILES string of the molecule is CCC1CCCCN1C(=O)CCc1c(C)nc(SC)nc1C. The van der Waals surface area contributed by atoms with E-state index >= 15 is 0 Å². The van der Waals surface area contributed by atoms with Crippen LogP contribution in [0.3, 0.4) is 0 Å². The van der Waals surface area contributed by atoms with Gasteiger partial charge in [0.25, 0.3) is 0 Å². The molecule has 5 heteroatoms. The summed E-state index contributed by atoms with van der Waals surface area (Å²) in [6.07, 6.45) is 7.92. The molecule has 1 aromatic rings. The molecule has 0 aromatic carbocycles. The maximum absolute atomic E-state index is 12.6. The molecule has 2 heterocycles. The van der Waals surface area contributed by atoms with Gasteiger partial charge in [-0.2, -0.15) is 0 Å². The average molecular weight is 321 g/mol. The second-order valence-corrected chi connectivity index (χ2v) is 6.78. The molecular formula is C17H27N3OS. The lowest BCUT2D eigenvalue weighted by Gasteiger charge is -2.35. The summed E-state index contributed by atoms with van der Waals surface area (Å²) in [7, 11) is 0. The van der Waals surface area contributed by atoms with Gasteiger partial charge in [-0.15, -0.1) is 0 Å². The van der Waals surface area contributed by atoms with Crippen molar-refractivity contribution in [3.05, 3.63) is 17.0 Å². The van der Waals surface area contributed by atoms with Gasteiger partial charge in [-0.05, 0) is 57.8 Å². The van der Waals surface area contributed by atoms with Crippen LogP contribution >= 0.6 is 11.8 Å². The van der Waals surface area contributed by atoms with E-state index < -0.39 is 0 Å². The van der Waals surface area contributed by atoms with E-state index in [4.69, 9.17) is 0 Å². The molecule has 1 amide bonds. The lowest BCUT2D eigenvalue weighted by atomic mass is 9.98. The zero-order chi connectivity index (χ0) is 16.1. The highest BCUT2D eigenvalue weighted by atomic mass is 32.2. The molecule has 1 atom stereocenters. The van der Waals surface area contributed by atoms with Gasteiger partial charge in [-0.25, -0.2) is 9.97 Å². The van der Waals surface area contributed by atoms with E-state index in [1.165, 1.54) is 6.42 Å². The van der Waals surface area contributed by atoms with Crippen molar-refractivity contribution in [2.75, 3.05) is 12.8 Å². The van der Waals surface area contributed by atoms with Gasteiger partial charge in [0, 0.05) is 30.4 Å². The minimum atomic E-state index is 0.291. The second kappa shape index (κ2) is 7.95. The fraction of sp³-hybridized carbons (Fsp3) is 0.706. The Labute approximate surface area is 138 Å². The standard InChI is InChI=1S/C17H27N3OS/c1-5-14-8-6-7-11-20(14)16(21)10-9-15-12(2)18-17(22-4)19-13(15)3/h14H,5-11H2,1-4H3. The first-order valence-corrected chi connectivity index (χ1v) is 9.46. The molecule has 1 saturated heterocycles. The van der Waals surface area contributed by atoms with E-state index in [1.54, 1.807) is 11.8 Å². The van der Waals surface area contributed by atoms with Gasteiger partial charge >= 0.3 is 0 Å². The molecule has 1 aromatic heterocycles. The molecule has 0 aliphatic carbocycles. The monoisotopic (exact) mass is 321 g/mol. The lowest BCUT2D eigenvalue weighted by molar-refractivity contribution is -0.134. The van der Waals surface area contributed by atoms with Crippen LogP contribution in [0.2, 0.25) is 0 Å². The Morgan fingerprint density at radius 2 is 1.95 bits per heavy atom. The highest BCUT2D eigenvalue weighted by Gasteiger charge is 2.25. The number of thioether (sulfide) groups is 1. The maximum atomic E-state index is 12.6. The Balaban J connectivity index is 2.02. The van der Waals surface area contributed by atoms with Crippen LogP contribution in [-0.4, -0.2) is 39.6 Å². The minimum absolute atomic E-state index is 0.291. The molecule has 122 valence electrons. The summed E-state index contributed by atoms with van der Waals surface area (Å²) in [4.78, 5) is 23.7. The quantitative estimate of drug-likeness (QED) is 0.615. The van der Waals surface area contributed by atoms with Gasteiger partial charge in [0.15, 0.2) is 5.16 Å². The Hall–Kier alpha value is -1.10. The number of carbonyl (C=O) groups is 1. The number of aryl methyl sites for hydroxylation is 2. The third-order valence-electron chi connectivity index (χ3n) is 4.59. The molecule has 1 fully saturated rings. The molecule has 0 saturated carbocycles. The minimum Gasteiger partial charge on any atom is -0.340 e. The third kappa shape index (κ3) is 4.00. The van der Waals surface area contributed by atoms with E-state index in [0.717, 1.165) is 54.3 Å². The van der Waals surface area contributed by atoms with Crippen LogP contribution in [0, 0.1) is 13.8 Å². The Morgan fingerprint density at radius 1 is 1.27 bits per heavy atom. The van der Waals surface area contributed by atoms with Crippen LogP contribution in [0.5, 0.6) is 0 Å². The van der Waals surface area contributed by atoms with Crippen molar-refractivity contribution in [2.24, 2.45) is 0 Å². The van der Waals surface area contributed by atoms with Crippen molar-refractivity contribution >= 4 is 17.7 Å². The predicted octanol–water partition coefficient (Wildman–Crippen LogP) is 3.54. The first-order valence-electron chi connectivity index (χ1n) is 8.24. The number of carbonyl (C=O) groups excluding carboxylic acids is 1. The van der Waals surface area contributed by atoms with E-state index in [9.17, 15) is 4.79 Å². The highest BCUT2D eigenvalue weighted by molar-refractivity contribution is 7.98. The van der Waals surface area contributed by atoms with E-state index in [-0.39, 0.29) is 0 Å². The van der Waals surface area contributed by atoms with Gasteiger partial charge in [0.1, 0.15) is 0 Å². The smallest absolute Gasteiger partial charge is 0.223 e. The third-order valence-corrected chi connectivity index (χ3v) is 5.14. The zero-order valence-electron chi connectivity index (χ0n) is 14.2. The first-order chi connectivity index (χ1) is 10.6. The molecule has 1 unspecified atom stereocenters. The van der Waals surface area contributed by atoms with Crippen LogP contribution in [0.15, 0.2) is 5.16 Å². The number of amides is 1. The Morgan fingerprint density at radius 3 is 2.55 bits per heavy atom. The number of rotatable bonds is 5. The normalized spacial score (nSPS) is 18.5. The van der Waals surface area contributed by atoms with Crippen LogP contribution in [0.4, 0.5) is 0 Å². The van der Waals surface area contributed by atoms with Gasteiger partial charge in [-0.3, -0.25) is 4.79 Å². The molecule has 1 aliphatic heterocycles. The maximum Gasteiger partial charge on any atom is 0.223 e. The molecule has 4 nitrogen and oxygen atoms in total. The number of hydrogen-bond acceptors (Lipinski definition) is 4. The van der Waals surface area contributed by atoms with Crippen LogP contribution < -0.4 is 0 Å².